The smallest absolute Gasteiger partial charge is 0.253 e. The minimum Gasteiger partial charge on any atom is -0.384 e. The van der Waals surface area contributed by atoms with Gasteiger partial charge in [0.25, 0.3) is 5.91 Å². The van der Waals surface area contributed by atoms with Crippen LogP contribution in [0.2, 0.25) is 0 Å². The van der Waals surface area contributed by atoms with Crippen LogP contribution < -0.4 is 5.32 Å². The molecule has 1 amide bonds. The molecule has 108 valence electrons. The predicted molar refractivity (Wildman–Crippen MR) is 80.8 cm³/mol. The molecule has 2 N–H and O–H groups in total. The number of amides is 1. The Morgan fingerprint density at radius 1 is 1.52 bits per heavy atom. The molecule has 0 saturated heterocycles. The molecule has 0 spiro atoms. The molecule has 1 atom stereocenters. The largest absolute Gasteiger partial charge is 0.384 e. The second-order valence-corrected chi connectivity index (χ2v) is 5.11. The number of aliphatic hydroxyl groups is 1. The van der Waals surface area contributed by atoms with Gasteiger partial charge in [-0.1, -0.05) is 18.8 Å². The van der Waals surface area contributed by atoms with Crippen LogP contribution in [0.1, 0.15) is 40.3 Å². The first-order valence-electron chi connectivity index (χ1n) is 6.50. The Bertz CT molecular complexity index is 659. The number of aliphatic hydroxyl groups excluding tert-OH is 1. The number of carbonyl (C=O) groups excluding carboxylic acids is 1. The van der Waals surface area contributed by atoms with E-state index in [-0.39, 0.29) is 18.6 Å². The van der Waals surface area contributed by atoms with Gasteiger partial charge in [-0.2, -0.15) is 0 Å². The number of nitrogens with one attached hydrogen (secondary N) is 1. The van der Waals surface area contributed by atoms with E-state index in [2.05, 4.69) is 27.1 Å². The highest BCUT2D eigenvalue weighted by Crippen LogP contribution is 2.19. The molecule has 0 aromatic carbocycles. The lowest BCUT2D eigenvalue weighted by Crippen LogP contribution is -2.28. The molecule has 0 radical (unpaired) electrons. The van der Waals surface area contributed by atoms with Crippen LogP contribution in [0.3, 0.4) is 0 Å². The van der Waals surface area contributed by atoms with E-state index in [1.807, 2.05) is 12.3 Å². The molecule has 1 unspecified atom stereocenters. The van der Waals surface area contributed by atoms with E-state index in [1.165, 1.54) is 17.5 Å². The summed E-state index contributed by atoms with van der Waals surface area (Å²) < 4.78 is 0. The number of aromatic nitrogens is 2. The van der Waals surface area contributed by atoms with Crippen molar-refractivity contribution in [3.63, 3.8) is 0 Å². The van der Waals surface area contributed by atoms with Crippen LogP contribution in [-0.2, 0) is 0 Å². The lowest BCUT2D eigenvalue weighted by Gasteiger charge is -2.15. The van der Waals surface area contributed by atoms with Crippen molar-refractivity contribution in [1.82, 2.24) is 15.3 Å². The summed E-state index contributed by atoms with van der Waals surface area (Å²) in [5, 5.41) is 14.5. The fourth-order valence-electron chi connectivity index (χ4n) is 1.81. The van der Waals surface area contributed by atoms with Crippen LogP contribution in [0, 0.1) is 11.8 Å². The average Bonchev–Trinajstić information content (AvgIpc) is 3.04. The van der Waals surface area contributed by atoms with E-state index in [0.717, 1.165) is 11.4 Å². The molecule has 2 heterocycles. The molecule has 0 bridgehead atoms. The van der Waals surface area contributed by atoms with Gasteiger partial charge < -0.3 is 10.4 Å². The van der Waals surface area contributed by atoms with E-state index >= 15 is 0 Å². The van der Waals surface area contributed by atoms with Gasteiger partial charge in [0.05, 0.1) is 17.2 Å². The van der Waals surface area contributed by atoms with Gasteiger partial charge in [-0.25, -0.2) is 4.98 Å². The predicted octanol–water partition coefficient (Wildman–Crippen LogP) is 1.76. The third-order valence-corrected chi connectivity index (χ3v) is 3.72. The molecule has 21 heavy (non-hydrogen) atoms. The van der Waals surface area contributed by atoms with E-state index in [4.69, 9.17) is 5.11 Å². The third-order valence-electron chi connectivity index (χ3n) is 2.83. The van der Waals surface area contributed by atoms with Crippen molar-refractivity contribution in [2.24, 2.45) is 0 Å². The quantitative estimate of drug-likeness (QED) is 0.844. The van der Waals surface area contributed by atoms with Gasteiger partial charge >= 0.3 is 0 Å². The number of nitrogens with zero attached hydrogens (tertiary/aromatic N) is 2. The van der Waals surface area contributed by atoms with E-state index in [9.17, 15) is 4.79 Å². The number of pyridine rings is 1. The SMILES string of the molecule is CCC(NC(=O)c1ccncc1C#CCO)c1nccs1. The van der Waals surface area contributed by atoms with Gasteiger partial charge in [-0.15, -0.1) is 11.3 Å². The first kappa shape index (κ1) is 15.2. The highest BCUT2D eigenvalue weighted by atomic mass is 32.1. The summed E-state index contributed by atoms with van der Waals surface area (Å²) in [6.45, 7) is 1.73. The van der Waals surface area contributed by atoms with Gasteiger partial charge in [-0.05, 0) is 12.5 Å². The molecular weight excluding hydrogens is 286 g/mol. The zero-order valence-corrected chi connectivity index (χ0v) is 12.4. The van der Waals surface area contributed by atoms with Crippen LogP contribution in [0.25, 0.3) is 0 Å². The van der Waals surface area contributed by atoms with Crippen molar-refractivity contribution in [2.45, 2.75) is 19.4 Å². The molecule has 2 aromatic heterocycles. The lowest BCUT2D eigenvalue weighted by molar-refractivity contribution is 0.0935. The summed E-state index contributed by atoms with van der Waals surface area (Å²) in [6.07, 6.45) is 5.53. The molecule has 0 aliphatic rings. The molecule has 0 fully saturated rings. The van der Waals surface area contributed by atoms with Crippen LogP contribution in [0.15, 0.2) is 30.0 Å². The summed E-state index contributed by atoms with van der Waals surface area (Å²) in [7, 11) is 0. The minimum absolute atomic E-state index is 0.121. The second-order valence-electron chi connectivity index (χ2n) is 4.19. The molecule has 6 heteroatoms. The van der Waals surface area contributed by atoms with Crippen LogP contribution in [0.5, 0.6) is 0 Å². The third kappa shape index (κ3) is 3.88. The highest BCUT2D eigenvalue weighted by molar-refractivity contribution is 7.09. The maximum atomic E-state index is 12.4. The van der Waals surface area contributed by atoms with Gasteiger partial charge in [-0.3, -0.25) is 9.78 Å². The van der Waals surface area contributed by atoms with Gasteiger partial charge in [0.1, 0.15) is 11.6 Å². The lowest BCUT2D eigenvalue weighted by atomic mass is 10.1. The highest BCUT2D eigenvalue weighted by Gasteiger charge is 2.17. The summed E-state index contributed by atoms with van der Waals surface area (Å²) >= 11 is 1.51. The summed E-state index contributed by atoms with van der Waals surface area (Å²) in [6, 6.07) is 1.50. The first-order valence-corrected chi connectivity index (χ1v) is 7.38. The van der Waals surface area contributed by atoms with Crippen molar-refractivity contribution in [2.75, 3.05) is 6.61 Å². The second kappa shape index (κ2) is 7.53. The standard InChI is InChI=1S/C15H15N3O2S/c1-2-13(15-17-7-9-21-15)18-14(20)12-5-6-16-10-11(12)4-3-8-19/h5-7,9-10,13,19H,2,8H2,1H3,(H,18,20). The van der Waals surface area contributed by atoms with Gasteiger partial charge in [0, 0.05) is 24.0 Å². The van der Waals surface area contributed by atoms with Crippen molar-refractivity contribution < 1.29 is 9.90 Å². The van der Waals surface area contributed by atoms with Gasteiger partial charge in [0.2, 0.25) is 0 Å². The topological polar surface area (TPSA) is 75.1 Å². The zero-order valence-electron chi connectivity index (χ0n) is 11.5. The molecule has 0 aliphatic carbocycles. The normalized spacial score (nSPS) is 11.3. The number of carbonyl (C=O) groups is 1. The van der Waals surface area contributed by atoms with Crippen molar-refractivity contribution in [3.05, 3.63) is 46.2 Å². The van der Waals surface area contributed by atoms with Crippen molar-refractivity contribution >= 4 is 17.2 Å². The number of thiazole rings is 1. The summed E-state index contributed by atoms with van der Waals surface area (Å²) in [5.74, 6) is 5.04. The Morgan fingerprint density at radius 3 is 3.05 bits per heavy atom. The van der Waals surface area contributed by atoms with Crippen LogP contribution in [-0.4, -0.2) is 27.6 Å². The Kier molecular flexibility index (Phi) is 5.43. The van der Waals surface area contributed by atoms with Crippen LogP contribution >= 0.6 is 11.3 Å². The Hall–Kier alpha value is -2.23. The number of rotatable bonds is 4. The minimum atomic E-state index is -0.257. The maximum absolute atomic E-state index is 12.4. The fourth-order valence-corrected chi connectivity index (χ4v) is 2.58. The van der Waals surface area contributed by atoms with Crippen LogP contribution in [0.4, 0.5) is 0 Å². The maximum Gasteiger partial charge on any atom is 0.253 e. The fraction of sp³-hybridized carbons (Fsp3) is 0.267. The molecule has 0 aliphatic heterocycles. The first-order chi connectivity index (χ1) is 10.3. The molecule has 5 nitrogen and oxygen atoms in total. The Morgan fingerprint density at radius 2 is 2.38 bits per heavy atom. The Labute approximate surface area is 127 Å². The van der Waals surface area contributed by atoms with E-state index in [0.29, 0.717) is 11.1 Å². The molecule has 2 rings (SSSR count). The number of hydrogen-bond donors (Lipinski definition) is 2. The summed E-state index contributed by atoms with van der Waals surface area (Å²) in [4.78, 5) is 20.6. The summed E-state index contributed by atoms with van der Waals surface area (Å²) in [5.41, 5.74) is 0.944. The van der Waals surface area contributed by atoms with Gasteiger partial charge in [0.15, 0.2) is 0 Å². The molecule has 2 aromatic rings. The average molecular weight is 301 g/mol. The Balaban J connectivity index is 2.20. The van der Waals surface area contributed by atoms with Crippen molar-refractivity contribution in [3.8, 4) is 11.8 Å². The van der Waals surface area contributed by atoms with E-state index < -0.39 is 0 Å². The molecular formula is C15H15N3O2S. The zero-order chi connectivity index (χ0) is 15.1. The number of hydrogen-bond acceptors (Lipinski definition) is 5. The monoisotopic (exact) mass is 301 g/mol. The van der Waals surface area contributed by atoms with Crippen molar-refractivity contribution in [1.29, 1.82) is 0 Å². The van der Waals surface area contributed by atoms with E-state index in [1.54, 1.807) is 18.5 Å². The molecule has 0 saturated carbocycles.